The molecule has 2 aromatic carbocycles. The first-order chi connectivity index (χ1) is 13.4. The molecule has 28 heavy (non-hydrogen) atoms. The molecule has 1 aliphatic rings. The normalized spacial score (nSPS) is 14.7. The van der Waals surface area contributed by atoms with Gasteiger partial charge in [0, 0.05) is 17.7 Å². The molecular weight excluding hydrogens is 364 g/mol. The zero-order chi connectivity index (χ0) is 20.3. The zero-order valence-corrected chi connectivity index (χ0v) is 14.9. The number of methoxy groups -OCH3 is 1. The quantitative estimate of drug-likeness (QED) is 0.278. The Labute approximate surface area is 160 Å². The lowest BCUT2D eigenvalue weighted by Gasteiger charge is -2.28. The molecule has 0 amide bonds. The van der Waals surface area contributed by atoms with Crippen molar-refractivity contribution in [3.63, 3.8) is 0 Å². The van der Waals surface area contributed by atoms with Gasteiger partial charge >= 0.3 is 11.8 Å². The van der Waals surface area contributed by atoms with Crippen molar-refractivity contribution in [1.82, 2.24) is 0 Å². The minimum absolute atomic E-state index is 0.0263. The molecule has 3 rings (SSSR count). The molecule has 2 aromatic rings. The van der Waals surface area contributed by atoms with E-state index in [2.05, 4.69) is 0 Å². The number of carbonyl (C=O) groups is 1. The number of rotatable bonds is 5. The lowest BCUT2D eigenvalue weighted by molar-refractivity contribution is -0.384. The number of hydrogen-bond donors (Lipinski definition) is 1. The molecule has 0 radical (unpaired) electrons. The third-order valence-electron chi connectivity index (χ3n) is 4.44. The van der Waals surface area contributed by atoms with Gasteiger partial charge in [0.05, 0.1) is 17.6 Å². The molecule has 0 saturated carbocycles. The monoisotopic (exact) mass is 380 g/mol. The lowest BCUT2D eigenvalue weighted by Crippen LogP contribution is -2.35. The van der Waals surface area contributed by atoms with Crippen LogP contribution in [0.15, 0.2) is 48.5 Å². The topological polar surface area (TPSA) is 123 Å². The summed E-state index contributed by atoms with van der Waals surface area (Å²) in [7, 11) is 1.50. The van der Waals surface area contributed by atoms with Gasteiger partial charge in [0.1, 0.15) is 11.8 Å². The molecule has 0 saturated heterocycles. The molecule has 0 aromatic heterocycles. The minimum atomic E-state index is -2.51. The second-order valence-electron chi connectivity index (χ2n) is 6.13. The van der Waals surface area contributed by atoms with Gasteiger partial charge in [0.15, 0.2) is 0 Å². The number of aliphatic hydroxyl groups is 1. The van der Waals surface area contributed by atoms with E-state index in [1.807, 2.05) is 6.07 Å². The average molecular weight is 380 g/mol. The first-order valence-electron chi connectivity index (χ1n) is 8.37. The summed E-state index contributed by atoms with van der Waals surface area (Å²) in [6, 6.07) is 11.6. The first kappa shape index (κ1) is 19.1. The number of nitro benzene ring substituents is 1. The van der Waals surface area contributed by atoms with Gasteiger partial charge in [-0.1, -0.05) is 12.1 Å². The molecule has 1 aliphatic carbocycles. The van der Waals surface area contributed by atoms with Crippen molar-refractivity contribution in [2.75, 3.05) is 7.11 Å². The van der Waals surface area contributed by atoms with Crippen LogP contribution in [0.4, 0.5) is 5.69 Å². The maximum Gasteiger partial charge on any atom is 0.341 e. The number of non-ortho nitro benzene ring substituents is 1. The minimum Gasteiger partial charge on any atom is -0.497 e. The van der Waals surface area contributed by atoms with Crippen LogP contribution in [0, 0.1) is 21.4 Å². The van der Waals surface area contributed by atoms with Crippen LogP contribution in [-0.4, -0.2) is 28.9 Å². The SMILES string of the molecule is COc1ccc2c(c1)C(C(O)(C#N)OC(=O)c1ccc([N+](=O)[O-])cc1)=CCC2. The highest BCUT2D eigenvalue weighted by Gasteiger charge is 2.39. The second kappa shape index (κ2) is 7.50. The van der Waals surface area contributed by atoms with E-state index in [0.29, 0.717) is 24.2 Å². The molecule has 0 heterocycles. The summed E-state index contributed by atoms with van der Waals surface area (Å²) in [5, 5.41) is 31.1. The number of hydrogen-bond acceptors (Lipinski definition) is 7. The van der Waals surface area contributed by atoms with Crippen molar-refractivity contribution < 1.29 is 24.3 Å². The van der Waals surface area contributed by atoms with Crippen LogP contribution in [0.3, 0.4) is 0 Å². The number of fused-ring (bicyclic) bond motifs is 1. The maximum absolute atomic E-state index is 12.4. The first-order valence-corrected chi connectivity index (χ1v) is 8.37. The molecule has 142 valence electrons. The van der Waals surface area contributed by atoms with Crippen LogP contribution >= 0.6 is 0 Å². The van der Waals surface area contributed by atoms with Gasteiger partial charge in [0.2, 0.25) is 0 Å². The summed E-state index contributed by atoms with van der Waals surface area (Å²) >= 11 is 0. The lowest BCUT2D eigenvalue weighted by atomic mass is 9.86. The smallest absolute Gasteiger partial charge is 0.341 e. The van der Waals surface area contributed by atoms with E-state index in [9.17, 15) is 25.3 Å². The Bertz CT molecular complexity index is 1010. The highest BCUT2D eigenvalue weighted by atomic mass is 16.7. The summed E-state index contributed by atoms with van der Waals surface area (Å²) in [6.07, 6.45) is 2.92. The summed E-state index contributed by atoms with van der Waals surface area (Å²) < 4.78 is 10.3. The highest BCUT2D eigenvalue weighted by molar-refractivity contribution is 5.92. The van der Waals surface area contributed by atoms with Crippen molar-refractivity contribution in [2.45, 2.75) is 18.6 Å². The number of ether oxygens (including phenoxy) is 2. The van der Waals surface area contributed by atoms with Crippen molar-refractivity contribution in [1.29, 1.82) is 5.26 Å². The van der Waals surface area contributed by atoms with E-state index in [1.54, 1.807) is 24.3 Å². The maximum atomic E-state index is 12.4. The van der Waals surface area contributed by atoms with Crippen LogP contribution in [0.1, 0.15) is 27.9 Å². The third-order valence-corrected chi connectivity index (χ3v) is 4.44. The van der Waals surface area contributed by atoms with Gasteiger partial charge in [-0.05, 0) is 48.2 Å². The van der Waals surface area contributed by atoms with E-state index < -0.39 is 16.7 Å². The Balaban J connectivity index is 1.92. The predicted octanol–water partition coefficient (Wildman–Crippen LogP) is 3.00. The van der Waals surface area contributed by atoms with Gasteiger partial charge in [-0.3, -0.25) is 10.1 Å². The summed E-state index contributed by atoms with van der Waals surface area (Å²) in [5.41, 5.74) is 1.39. The standard InChI is InChI=1S/C20H16N2O6/c1-27-16-10-7-13-3-2-4-18(17(13)11-16)20(24,12-21)28-19(23)14-5-8-15(9-6-14)22(25)26/h4-11,24H,2-3H2,1H3. The van der Waals surface area contributed by atoms with Crippen LogP contribution in [-0.2, 0) is 11.2 Å². The Morgan fingerprint density at radius 2 is 2.00 bits per heavy atom. The van der Waals surface area contributed by atoms with Gasteiger partial charge < -0.3 is 14.6 Å². The fourth-order valence-corrected chi connectivity index (χ4v) is 3.00. The van der Waals surface area contributed by atoms with Crippen molar-refractivity contribution in [3.05, 3.63) is 75.3 Å². The fourth-order valence-electron chi connectivity index (χ4n) is 3.00. The van der Waals surface area contributed by atoms with Gasteiger partial charge in [0.25, 0.3) is 5.69 Å². The van der Waals surface area contributed by atoms with Crippen LogP contribution in [0.2, 0.25) is 0 Å². The molecule has 8 nitrogen and oxygen atoms in total. The number of aryl methyl sites for hydroxylation is 1. The number of carbonyl (C=O) groups excluding carboxylic acids is 1. The number of benzene rings is 2. The molecule has 0 spiro atoms. The Kier molecular flexibility index (Phi) is 5.11. The number of esters is 1. The number of allylic oxidation sites excluding steroid dienone is 1. The molecule has 0 aliphatic heterocycles. The number of nitro groups is 1. The van der Waals surface area contributed by atoms with E-state index in [4.69, 9.17) is 9.47 Å². The van der Waals surface area contributed by atoms with E-state index in [-0.39, 0.29) is 16.8 Å². The van der Waals surface area contributed by atoms with E-state index in [0.717, 1.165) is 17.7 Å². The van der Waals surface area contributed by atoms with Gasteiger partial charge in [-0.25, -0.2) is 4.79 Å². The summed E-state index contributed by atoms with van der Waals surface area (Å²) in [4.78, 5) is 22.5. The van der Waals surface area contributed by atoms with Crippen molar-refractivity contribution in [2.24, 2.45) is 0 Å². The molecule has 8 heteroatoms. The third kappa shape index (κ3) is 3.56. The van der Waals surface area contributed by atoms with Crippen molar-refractivity contribution >= 4 is 17.2 Å². The molecule has 0 bridgehead atoms. The molecular formula is C20H16N2O6. The van der Waals surface area contributed by atoms with Crippen LogP contribution in [0.25, 0.3) is 5.57 Å². The molecule has 1 N–H and O–H groups in total. The number of nitrogens with zero attached hydrogens (tertiary/aromatic N) is 2. The van der Waals surface area contributed by atoms with Crippen LogP contribution < -0.4 is 4.74 Å². The van der Waals surface area contributed by atoms with Crippen molar-refractivity contribution in [3.8, 4) is 11.8 Å². The summed E-state index contributed by atoms with van der Waals surface area (Å²) in [5.74, 6) is -2.95. The summed E-state index contributed by atoms with van der Waals surface area (Å²) in [6.45, 7) is 0. The molecule has 0 fully saturated rings. The Hall–Kier alpha value is -3.70. The molecule has 1 unspecified atom stereocenters. The zero-order valence-electron chi connectivity index (χ0n) is 14.9. The van der Waals surface area contributed by atoms with E-state index in [1.165, 1.54) is 19.2 Å². The van der Waals surface area contributed by atoms with E-state index >= 15 is 0 Å². The van der Waals surface area contributed by atoms with Crippen LogP contribution in [0.5, 0.6) is 5.75 Å². The van der Waals surface area contributed by atoms with Gasteiger partial charge in [-0.2, -0.15) is 5.26 Å². The largest absolute Gasteiger partial charge is 0.497 e. The Morgan fingerprint density at radius 1 is 1.29 bits per heavy atom. The average Bonchev–Trinajstić information content (AvgIpc) is 2.72. The highest BCUT2D eigenvalue weighted by Crippen LogP contribution is 2.37. The second-order valence-corrected chi connectivity index (χ2v) is 6.13. The fraction of sp³-hybridized carbons (Fsp3) is 0.200. The predicted molar refractivity (Wildman–Crippen MR) is 98.4 cm³/mol. The Morgan fingerprint density at radius 3 is 2.61 bits per heavy atom. The molecule has 1 atom stereocenters. The number of nitriles is 1. The van der Waals surface area contributed by atoms with Gasteiger partial charge in [-0.15, -0.1) is 0 Å².